The van der Waals surface area contributed by atoms with Crippen LogP contribution in [0.25, 0.3) is 0 Å². The van der Waals surface area contributed by atoms with Crippen LogP contribution in [0.2, 0.25) is 0 Å². The van der Waals surface area contributed by atoms with E-state index in [0.717, 1.165) is 51.4 Å². The van der Waals surface area contributed by atoms with Gasteiger partial charge in [0.2, 0.25) is 5.91 Å². The lowest BCUT2D eigenvalue weighted by Gasteiger charge is -2.22. The van der Waals surface area contributed by atoms with E-state index in [-0.39, 0.29) is 12.0 Å². The standard InChI is InChI=1S/C12H22N2O2/c15-12(11-4-2-8-16-11)14-7-5-10-3-1-6-13-9-10/h10-11,13H,1-9H2,(H,14,15). The molecular formula is C12H22N2O2. The second-order valence-corrected chi connectivity index (χ2v) is 4.79. The number of ether oxygens (including phenoxy) is 1. The minimum absolute atomic E-state index is 0.0845. The maximum Gasteiger partial charge on any atom is 0.249 e. The Hall–Kier alpha value is -0.610. The van der Waals surface area contributed by atoms with Crippen LogP contribution in [-0.2, 0) is 9.53 Å². The fourth-order valence-corrected chi connectivity index (χ4v) is 2.47. The molecule has 2 saturated heterocycles. The number of hydrogen-bond donors (Lipinski definition) is 2. The van der Waals surface area contributed by atoms with E-state index in [4.69, 9.17) is 4.74 Å². The molecule has 2 N–H and O–H groups in total. The van der Waals surface area contributed by atoms with Crippen LogP contribution in [0.4, 0.5) is 0 Å². The number of nitrogens with one attached hydrogen (secondary N) is 2. The molecular weight excluding hydrogens is 204 g/mol. The highest BCUT2D eigenvalue weighted by atomic mass is 16.5. The molecule has 0 bridgehead atoms. The highest BCUT2D eigenvalue weighted by Gasteiger charge is 2.23. The Bertz CT molecular complexity index is 221. The summed E-state index contributed by atoms with van der Waals surface area (Å²) < 4.78 is 5.33. The van der Waals surface area contributed by atoms with Gasteiger partial charge in [-0.15, -0.1) is 0 Å². The van der Waals surface area contributed by atoms with E-state index in [0.29, 0.717) is 0 Å². The number of amides is 1. The molecule has 0 spiro atoms. The van der Waals surface area contributed by atoms with Gasteiger partial charge in [-0.2, -0.15) is 0 Å². The van der Waals surface area contributed by atoms with E-state index in [1.54, 1.807) is 0 Å². The zero-order valence-electron chi connectivity index (χ0n) is 9.84. The number of carbonyl (C=O) groups is 1. The lowest BCUT2D eigenvalue weighted by molar-refractivity contribution is -0.130. The number of carbonyl (C=O) groups excluding carboxylic acids is 1. The van der Waals surface area contributed by atoms with E-state index in [9.17, 15) is 4.79 Å². The van der Waals surface area contributed by atoms with E-state index in [2.05, 4.69) is 10.6 Å². The number of hydrogen-bond acceptors (Lipinski definition) is 3. The van der Waals surface area contributed by atoms with Gasteiger partial charge in [-0.3, -0.25) is 4.79 Å². The van der Waals surface area contributed by atoms with Crippen LogP contribution in [0, 0.1) is 5.92 Å². The van der Waals surface area contributed by atoms with Crippen molar-refractivity contribution < 1.29 is 9.53 Å². The van der Waals surface area contributed by atoms with E-state index < -0.39 is 0 Å². The van der Waals surface area contributed by atoms with E-state index in [1.165, 1.54) is 12.8 Å². The van der Waals surface area contributed by atoms with Gasteiger partial charge in [0.05, 0.1) is 0 Å². The molecule has 2 rings (SSSR count). The smallest absolute Gasteiger partial charge is 0.249 e. The van der Waals surface area contributed by atoms with E-state index in [1.807, 2.05) is 0 Å². The summed E-state index contributed by atoms with van der Waals surface area (Å²) in [7, 11) is 0. The maximum absolute atomic E-state index is 11.6. The molecule has 0 radical (unpaired) electrons. The van der Waals surface area contributed by atoms with Gasteiger partial charge >= 0.3 is 0 Å². The minimum Gasteiger partial charge on any atom is -0.368 e. The summed E-state index contributed by atoms with van der Waals surface area (Å²) in [5.74, 6) is 0.819. The third kappa shape index (κ3) is 3.46. The Labute approximate surface area is 97.1 Å². The first-order valence-corrected chi connectivity index (χ1v) is 6.46. The second kappa shape index (κ2) is 6.21. The lowest BCUT2D eigenvalue weighted by Crippen LogP contribution is -2.37. The van der Waals surface area contributed by atoms with Gasteiger partial charge in [0, 0.05) is 13.2 Å². The molecule has 2 aliphatic rings. The van der Waals surface area contributed by atoms with Crippen molar-refractivity contribution in [2.75, 3.05) is 26.2 Å². The largest absolute Gasteiger partial charge is 0.368 e. The lowest BCUT2D eigenvalue weighted by atomic mass is 9.96. The third-order valence-electron chi connectivity index (χ3n) is 3.47. The summed E-state index contributed by atoms with van der Waals surface area (Å²) in [4.78, 5) is 11.6. The average molecular weight is 226 g/mol. The first-order chi connectivity index (χ1) is 7.86. The Kier molecular flexibility index (Phi) is 4.60. The van der Waals surface area contributed by atoms with Crippen molar-refractivity contribution >= 4 is 5.91 Å². The normalized spacial score (nSPS) is 30.2. The van der Waals surface area contributed by atoms with Gasteiger partial charge in [0.1, 0.15) is 6.10 Å². The molecule has 16 heavy (non-hydrogen) atoms. The van der Waals surface area contributed by atoms with E-state index >= 15 is 0 Å². The zero-order chi connectivity index (χ0) is 11.2. The first kappa shape index (κ1) is 11.9. The van der Waals surface area contributed by atoms with Gasteiger partial charge in [-0.25, -0.2) is 0 Å². The monoisotopic (exact) mass is 226 g/mol. The van der Waals surface area contributed by atoms with Crippen molar-refractivity contribution in [1.82, 2.24) is 10.6 Å². The predicted octanol–water partition coefficient (Wildman–Crippen LogP) is 0.671. The Morgan fingerprint density at radius 1 is 1.38 bits per heavy atom. The molecule has 0 aromatic rings. The molecule has 0 aliphatic carbocycles. The third-order valence-corrected chi connectivity index (χ3v) is 3.47. The van der Waals surface area contributed by atoms with Crippen molar-refractivity contribution in [3.05, 3.63) is 0 Å². The minimum atomic E-state index is -0.176. The highest BCUT2D eigenvalue weighted by molar-refractivity contribution is 5.80. The maximum atomic E-state index is 11.6. The van der Waals surface area contributed by atoms with Crippen LogP contribution in [0.3, 0.4) is 0 Å². The van der Waals surface area contributed by atoms with Gasteiger partial charge in [0.25, 0.3) is 0 Å². The zero-order valence-corrected chi connectivity index (χ0v) is 9.84. The molecule has 2 heterocycles. The molecule has 2 fully saturated rings. The van der Waals surface area contributed by atoms with Crippen molar-refractivity contribution in [2.24, 2.45) is 5.92 Å². The van der Waals surface area contributed by atoms with Crippen LogP contribution in [0.5, 0.6) is 0 Å². The van der Waals surface area contributed by atoms with Crippen LogP contribution < -0.4 is 10.6 Å². The second-order valence-electron chi connectivity index (χ2n) is 4.79. The quantitative estimate of drug-likeness (QED) is 0.741. The number of rotatable bonds is 4. The summed E-state index contributed by atoms with van der Waals surface area (Å²) in [5, 5.41) is 6.37. The molecule has 2 unspecified atom stereocenters. The predicted molar refractivity (Wildman–Crippen MR) is 62.2 cm³/mol. The Morgan fingerprint density at radius 2 is 2.31 bits per heavy atom. The molecule has 0 aromatic heterocycles. The van der Waals surface area contributed by atoms with Gasteiger partial charge < -0.3 is 15.4 Å². The molecule has 0 saturated carbocycles. The van der Waals surface area contributed by atoms with Crippen molar-refractivity contribution in [3.8, 4) is 0 Å². The van der Waals surface area contributed by atoms with Crippen LogP contribution in [0.15, 0.2) is 0 Å². The molecule has 0 aromatic carbocycles. The fourth-order valence-electron chi connectivity index (χ4n) is 2.47. The molecule has 2 aliphatic heterocycles. The molecule has 1 amide bonds. The van der Waals surface area contributed by atoms with Crippen molar-refractivity contribution in [1.29, 1.82) is 0 Å². The van der Waals surface area contributed by atoms with Gasteiger partial charge in [-0.05, 0) is 51.1 Å². The highest BCUT2D eigenvalue weighted by Crippen LogP contribution is 2.14. The summed E-state index contributed by atoms with van der Waals surface area (Å²) in [6.45, 7) is 3.80. The number of piperidine rings is 1. The molecule has 2 atom stereocenters. The van der Waals surface area contributed by atoms with Crippen molar-refractivity contribution in [2.45, 2.75) is 38.2 Å². The van der Waals surface area contributed by atoms with Crippen LogP contribution >= 0.6 is 0 Å². The van der Waals surface area contributed by atoms with Gasteiger partial charge in [-0.1, -0.05) is 0 Å². The fraction of sp³-hybridized carbons (Fsp3) is 0.917. The summed E-state index contributed by atoms with van der Waals surface area (Å²) in [6, 6.07) is 0. The van der Waals surface area contributed by atoms with Crippen LogP contribution in [0.1, 0.15) is 32.1 Å². The topological polar surface area (TPSA) is 50.4 Å². The molecule has 4 nitrogen and oxygen atoms in total. The summed E-state index contributed by atoms with van der Waals surface area (Å²) in [6.07, 6.45) is 5.38. The Morgan fingerprint density at radius 3 is 3.00 bits per heavy atom. The molecule has 4 heteroatoms. The summed E-state index contributed by atoms with van der Waals surface area (Å²) in [5.41, 5.74) is 0. The first-order valence-electron chi connectivity index (χ1n) is 6.46. The van der Waals surface area contributed by atoms with Crippen LogP contribution in [-0.4, -0.2) is 38.3 Å². The van der Waals surface area contributed by atoms with Gasteiger partial charge in [0.15, 0.2) is 0 Å². The average Bonchev–Trinajstić information content (AvgIpc) is 2.84. The SMILES string of the molecule is O=C(NCCC1CCCNC1)C1CCCO1. The Balaban J connectivity index is 1.57. The summed E-state index contributed by atoms with van der Waals surface area (Å²) >= 11 is 0. The van der Waals surface area contributed by atoms with Crippen molar-refractivity contribution in [3.63, 3.8) is 0 Å². The molecule has 92 valence electrons.